The molecule has 1 aromatic heterocycles. The second kappa shape index (κ2) is 6.23. The van der Waals surface area contributed by atoms with Crippen LogP contribution >= 0.6 is 0 Å². The standard InChI is InChI=1S/C16H23N3O/c1-10(2)15-13-7-5-4-6-12(13)14(8-17)16(19-15)18-9-11(3)20/h10-11,20H,4-7,9H2,1-3H3,(H,18,19)/p+1/t11-/m1/s1. The highest BCUT2D eigenvalue weighted by atomic mass is 16.3. The number of aromatic amines is 1. The van der Waals surface area contributed by atoms with E-state index in [4.69, 9.17) is 0 Å². The second-order valence-electron chi connectivity index (χ2n) is 5.95. The van der Waals surface area contributed by atoms with E-state index in [1.807, 2.05) is 0 Å². The van der Waals surface area contributed by atoms with E-state index in [0.29, 0.717) is 12.5 Å². The first-order chi connectivity index (χ1) is 9.54. The Morgan fingerprint density at radius 1 is 1.25 bits per heavy atom. The quantitative estimate of drug-likeness (QED) is 0.884. The predicted molar refractivity (Wildman–Crippen MR) is 78.6 cm³/mol. The average molecular weight is 274 g/mol. The van der Waals surface area contributed by atoms with Crippen LogP contribution in [0.3, 0.4) is 0 Å². The number of hydrogen-bond acceptors (Lipinski definition) is 3. The zero-order valence-corrected chi connectivity index (χ0v) is 12.6. The molecule has 2 rings (SSSR count). The zero-order chi connectivity index (χ0) is 14.7. The van der Waals surface area contributed by atoms with Crippen LogP contribution in [0.15, 0.2) is 0 Å². The molecule has 0 saturated carbocycles. The van der Waals surface area contributed by atoms with Gasteiger partial charge >= 0.3 is 0 Å². The van der Waals surface area contributed by atoms with Crippen molar-refractivity contribution in [3.05, 3.63) is 22.4 Å². The summed E-state index contributed by atoms with van der Waals surface area (Å²) in [7, 11) is 0. The fourth-order valence-electron chi connectivity index (χ4n) is 2.90. The Balaban J connectivity index is 2.51. The number of aromatic nitrogens is 1. The molecule has 108 valence electrons. The first kappa shape index (κ1) is 14.8. The summed E-state index contributed by atoms with van der Waals surface area (Å²) in [5, 5.41) is 22.1. The molecule has 0 fully saturated rings. The van der Waals surface area contributed by atoms with Crippen molar-refractivity contribution in [3.63, 3.8) is 0 Å². The Morgan fingerprint density at radius 2 is 1.90 bits per heavy atom. The van der Waals surface area contributed by atoms with Crippen molar-refractivity contribution in [1.29, 1.82) is 5.26 Å². The van der Waals surface area contributed by atoms with Gasteiger partial charge in [0, 0.05) is 5.92 Å². The molecule has 0 bridgehead atoms. The minimum atomic E-state index is -0.437. The van der Waals surface area contributed by atoms with Gasteiger partial charge in [0.05, 0.1) is 6.10 Å². The first-order valence-electron chi connectivity index (χ1n) is 7.47. The van der Waals surface area contributed by atoms with Gasteiger partial charge in [0.25, 0.3) is 5.82 Å². The van der Waals surface area contributed by atoms with E-state index in [1.165, 1.54) is 23.2 Å². The molecule has 0 aliphatic heterocycles. The van der Waals surface area contributed by atoms with E-state index < -0.39 is 6.10 Å². The maximum absolute atomic E-state index is 9.50. The Labute approximate surface area is 120 Å². The average Bonchev–Trinajstić information content (AvgIpc) is 2.43. The predicted octanol–water partition coefficient (Wildman–Crippen LogP) is 2.17. The van der Waals surface area contributed by atoms with Gasteiger partial charge in [-0.1, -0.05) is 13.8 Å². The van der Waals surface area contributed by atoms with E-state index in [1.54, 1.807) is 6.92 Å². The number of fused-ring (bicyclic) bond motifs is 1. The van der Waals surface area contributed by atoms with Crippen LogP contribution in [-0.2, 0) is 12.8 Å². The lowest BCUT2D eigenvalue weighted by Crippen LogP contribution is -2.29. The highest BCUT2D eigenvalue weighted by molar-refractivity contribution is 5.56. The normalized spacial score (nSPS) is 15.6. The van der Waals surface area contributed by atoms with Gasteiger partial charge in [0.1, 0.15) is 23.9 Å². The lowest BCUT2D eigenvalue weighted by molar-refractivity contribution is -0.377. The van der Waals surface area contributed by atoms with Gasteiger partial charge in [-0.3, -0.25) is 5.32 Å². The highest BCUT2D eigenvalue weighted by Crippen LogP contribution is 2.31. The minimum absolute atomic E-state index is 0.404. The minimum Gasteiger partial charge on any atom is -0.389 e. The molecule has 0 unspecified atom stereocenters. The summed E-state index contributed by atoms with van der Waals surface area (Å²) in [5.41, 5.74) is 4.50. The summed E-state index contributed by atoms with van der Waals surface area (Å²) in [6, 6.07) is 2.34. The largest absolute Gasteiger partial charge is 0.389 e. The lowest BCUT2D eigenvalue weighted by atomic mass is 9.85. The van der Waals surface area contributed by atoms with E-state index in [-0.39, 0.29) is 0 Å². The van der Waals surface area contributed by atoms with Crippen molar-refractivity contribution in [2.24, 2.45) is 0 Å². The third-order valence-corrected chi connectivity index (χ3v) is 3.87. The molecule has 20 heavy (non-hydrogen) atoms. The van der Waals surface area contributed by atoms with Gasteiger partial charge in [-0.25, -0.2) is 4.98 Å². The summed E-state index contributed by atoms with van der Waals surface area (Å²) < 4.78 is 0. The van der Waals surface area contributed by atoms with Crippen LogP contribution in [0.1, 0.15) is 61.9 Å². The number of H-pyrrole nitrogens is 1. The molecular formula is C16H24N3O+. The maximum atomic E-state index is 9.50. The Kier molecular flexibility index (Phi) is 4.61. The topological polar surface area (TPSA) is 70.2 Å². The van der Waals surface area contributed by atoms with Crippen LogP contribution in [0, 0.1) is 11.3 Å². The number of nitrogens with zero attached hydrogens (tertiary/aromatic N) is 1. The summed E-state index contributed by atoms with van der Waals surface area (Å²) in [6.07, 6.45) is 3.96. The molecule has 4 nitrogen and oxygen atoms in total. The van der Waals surface area contributed by atoms with Gasteiger partial charge in [-0.05, 0) is 43.7 Å². The summed E-state index contributed by atoms with van der Waals surface area (Å²) in [6.45, 7) is 6.53. The van der Waals surface area contributed by atoms with Crippen molar-refractivity contribution in [2.45, 2.75) is 58.5 Å². The Morgan fingerprint density at radius 3 is 2.45 bits per heavy atom. The van der Waals surface area contributed by atoms with Crippen molar-refractivity contribution in [2.75, 3.05) is 11.9 Å². The van der Waals surface area contributed by atoms with Crippen molar-refractivity contribution in [1.82, 2.24) is 0 Å². The molecule has 0 aromatic carbocycles. The molecule has 1 heterocycles. The number of aliphatic hydroxyl groups is 1. The molecule has 0 amide bonds. The van der Waals surface area contributed by atoms with Gasteiger partial charge in [-0.2, -0.15) is 5.26 Å². The number of nitrogens with one attached hydrogen (secondary N) is 2. The molecule has 1 aliphatic carbocycles. The van der Waals surface area contributed by atoms with E-state index in [9.17, 15) is 10.4 Å². The molecule has 1 aliphatic rings. The number of nitriles is 1. The van der Waals surface area contributed by atoms with Crippen LogP contribution in [0.2, 0.25) is 0 Å². The number of rotatable bonds is 4. The highest BCUT2D eigenvalue weighted by Gasteiger charge is 2.26. The third kappa shape index (κ3) is 2.94. The molecule has 0 saturated heterocycles. The molecule has 3 N–H and O–H groups in total. The van der Waals surface area contributed by atoms with Crippen LogP contribution in [-0.4, -0.2) is 17.8 Å². The van der Waals surface area contributed by atoms with Crippen molar-refractivity contribution >= 4 is 5.82 Å². The van der Waals surface area contributed by atoms with Crippen LogP contribution in [0.25, 0.3) is 0 Å². The monoisotopic (exact) mass is 274 g/mol. The zero-order valence-electron chi connectivity index (χ0n) is 12.6. The van der Waals surface area contributed by atoms with Crippen LogP contribution < -0.4 is 10.3 Å². The van der Waals surface area contributed by atoms with Crippen molar-refractivity contribution in [3.8, 4) is 6.07 Å². The summed E-state index contributed by atoms with van der Waals surface area (Å²) in [4.78, 5) is 3.40. The van der Waals surface area contributed by atoms with Gasteiger partial charge in [-0.15, -0.1) is 0 Å². The molecule has 4 heteroatoms. The van der Waals surface area contributed by atoms with Crippen LogP contribution in [0.5, 0.6) is 0 Å². The second-order valence-corrected chi connectivity index (χ2v) is 5.95. The third-order valence-electron chi connectivity index (χ3n) is 3.87. The number of pyridine rings is 1. The SMILES string of the molecule is CC(C)c1[nH+]c(NC[C@@H](C)O)c(C#N)c2c1CCCC2. The molecular weight excluding hydrogens is 250 g/mol. The lowest BCUT2D eigenvalue weighted by Gasteiger charge is -2.21. The summed E-state index contributed by atoms with van der Waals surface area (Å²) >= 11 is 0. The van der Waals surface area contributed by atoms with E-state index >= 15 is 0 Å². The fourth-order valence-corrected chi connectivity index (χ4v) is 2.90. The Bertz CT molecular complexity index is 530. The fraction of sp³-hybridized carbons (Fsp3) is 0.625. The summed E-state index contributed by atoms with van der Waals surface area (Å²) in [5.74, 6) is 1.17. The van der Waals surface area contributed by atoms with Gasteiger partial charge in [0.15, 0.2) is 0 Å². The van der Waals surface area contributed by atoms with Crippen LogP contribution in [0.4, 0.5) is 5.82 Å². The molecule has 0 spiro atoms. The Hall–Kier alpha value is -1.60. The van der Waals surface area contributed by atoms with Crippen molar-refractivity contribution < 1.29 is 10.1 Å². The smallest absolute Gasteiger partial charge is 0.290 e. The first-order valence-corrected chi connectivity index (χ1v) is 7.47. The number of hydrogen-bond donors (Lipinski definition) is 2. The van der Waals surface area contributed by atoms with Gasteiger partial charge in [0.2, 0.25) is 0 Å². The molecule has 1 aromatic rings. The molecule has 1 atom stereocenters. The number of aliphatic hydroxyl groups excluding tert-OH is 1. The maximum Gasteiger partial charge on any atom is 0.290 e. The van der Waals surface area contributed by atoms with E-state index in [0.717, 1.165) is 30.6 Å². The van der Waals surface area contributed by atoms with E-state index in [2.05, 4.69) is 30.2 Å². The van der Waals surface area contributed by atoms with Gasteiger partial charge < -0.3 is 5.11 Å². The molecule has 0 radical (unpaired) electrons. The number of anilines is 1.